The Kier molecular flexibility index (Phi) is 6.58. The van der Waals surface area contributed by atoms with Gasteiger partial charge >= 0.3 is 0 Å². The van der Waals surface area contributed by atoms with Crippen molar-refractivity contribution in [2.45, 2.75) is 13.3 Å². The Morgan fingerprint density at radius 1 is 1.44 bits per heavy atom. The molecule has 0 aliphatic heterocycles. The van der Waals surface area contributed by atoms with E-state index in [0.29, 0.717) is 0 Å². The second-order valence-electron chi connectivity index (χ2n) is 1.99. The van der Waals surface area contributed by atoms with E-state index in [0.717, 1.165) is 26.2 Å². The van der Waals surface area contributed by atoms with Crippen LogP contribution in [0.15, 0.2) is 0 Å². The molecule has 0 amide bonds. The SMILES string of the molecule is CCCOCCN(C)S. The van der Waals surface area contributed by atoms with Gasteiger partial charge in [-0.05, 0) is 13.5 Å². The summed E-state index contributed by atoms with van der Waals surface area (Å²) >= 11 is 4.05. The van der Waals surface area contributed by atoms with Crippen LogP contribution in [0.2, 0.25) is 0 Å². The van der Waals surface area contributed by atoms with Crippen LogP contribution in [0.3, 0.4) is 0 Å². The standard InChI is InChI=1S/C6H15NOS/c1-3-5-8-6-4-7(2)9/h9H,3-6H2,1-2H3. The summed E-state index contributed by atoms with van der Waals surface area (Å²) in [6.45, 7) is 4.64. The predicted octanol–water partition coefficient (Wildman–Crippen LogP) is 1.19. The minimum absolute atomic E-state index is 0.786. The van der Waals surface area contributed by atoms with Crippen LogP contribution in [0.1, 0.15) is 13.3 Å². The molecule has 9 heavy (non-hydrogen) atoms. The van der Waals surface area contributed by atoms with Gasteiger partial charge in [0.2, 0.25) is 0 Å². The second kappa shape index (κ2) is 6.39. The number of likely N-dealkylation sites (N-methyl/N-ethyl adjacent to an activating group) is 1. The van der Waals surface area contributed by atoms with E-state index >= 15 is 0 Å². The molecule has 0 aromatic rings. The van der Waals surface area contributed by atoms with Crippen molar-refractivity contribution in [1.82, 2.24) is 4.31 Å². The number of thiol groups is 1. The summed E-state index contributed by atoms with van der Waals surface area (Å²) in [5.41, 5.74) is 0. The minimum Gasteiger partial charge on any atom is -0.380 e. The largest absolute Gasteiger partial charge is 0.380 e. The molecule has 0 radical (unpaired) electrons. The maximum absolute atomic E-state index is 5.20. The summed E-state index contributed by atoms with van der Waals surface area (Å²) in [7, 11) is 1.92. The third-order valence-electron chi connectivity index (χ3n) is 0.908. The van der Waals surface area contributed by atoms with E-state index in [1.165, 1.54) is 0 Å². The first-order chi connectivity index (χ1) is 4.27. The van der Waals surface area contributed by atoms with E-state index in [1.807, 2.05) is 11.4 Å². The molecule has 0 aromatic heterocycles. The first kappa shape index (κ1) is 9.27. The number of rotatable bonds is 5. The average Bonchev–Trinajstić information content (AvgIpc) is 1.80. The zero-order chi connectivity index (χ0) is 7.11. The maximum atomic E-state index is 5.20. The van der Waals surface area contributed by atoms with E-state index < -0.39 is 0 Å². The van der Waals surface area contributed by atoms with Crippen LogP contribution < -0.4 is 0 Å². The van der Waals surface area contributed by atoms with Crippen molar-refractivity contribution in [2.75, 3.05) is 26.8 Å². The highest BCUT2D eigenvalue weighted by molar-refractivity contribution is 7.77. The Bertz CT molecular complexity index is 59.0. The van der Waals surface area contributed by atoms with Gasteiger partial charge in [0.25, 0.3) is 0 Å². The first-order valence-corrected chi connectivity index (χ1v) is 3.65. The van der Waals surface area contributed by atoms with Crippen LogP contribution in [0.25, 0.3) is 0 Å². The van der Waals surface area contributed by atoms with E-state index in [-0.39, 0.29) is 0 Å². The summed E-state index contributed by atoms with van der Waals surface area (Å²) in [5.74, 6) is 0. The van der Waals surface area contributed by atoms with Gasteiger partial charge < -0.3 is 4.74 Å². The molecular weight excluding hydrogens is 134 g/mol. The quantitative estimate of drug-likeness (QED) is 0.465. The molecule has 0 bridgehead atoms. The average molecular weight is 149 g/mol. The molecule has 0 saturated heterocycles. The lowest BCUT2D eigenvalue weighted by atomic mass is 10.5. The maximum Gasteiger partial charge on any atom is 0.0602 e. The van der Waals surface area contributed by atoms with Crippen molar-refractivity contribution in [2.24, 2.45) is 0 Å². The van der Waals surface area contributed by atoms with Gasteiger partial charge in [0.15, 0.2) is 0 Å². The summed E-state index contributed by atoms with van der Waals surface area (Å²) in [6, 6.07) is 0. The highest BCUT2D eigenvalue weighted by Gasteiger charge is 1.88. The molecule has 0 unspecified atom stereocenters. The highest BCUT2D eigenvalue weighted by atomic mass is 32.1. The van der Waals surface area contributed by atoms with Crippen LogP contribution in [0, 0.1) is 0 Å². The Hall–Kier alpha value is 0.270. The lowest BCUT2D eigenvalue weighted by Gasteiger charge is -2.07. The molecular formula is C6H15NOS. The van der Waals surface area contributed by atoms with Crippen LogP contribution in [0.5, 0.6) is 0 Å². The molecule has 0 aliphatic rings. The van der Waals surface area contributed by atoms with Crippen molar-refractivity contribution in [3.8, 4) is 0 Å². The van der Waals surface area contributed by atoms with Crippen molar-refractivity contribution in [3.63, 3.8) is 0 Å². The van der Waals surface area contributed by atoms with Gasteiger partial charge in [-0.2, -0.15) is 0 Å². The molecule has 0 N–H and O–H groups in total. The summed E-state index contributed by atoms with van der Waals surface area (Å²) < 4.78 is 7.02. The van der Waals surface area contributed by atoms with E-state index in [1.54, 1.807) is 0 Å². The minimum atomic E-state index is 0.786. The summed E-state index contributed by atoms with van der Waals surface area (Å²) in [4.78, 5) is 0. The van der Waals surface area contributed by atoms with Crippen molar-refractivity contribution >= 4 is 12.8 Å². The van der Waals surface area contributed by atoms with Crippen LogP contribution >= 0.6 is 12.8 Å². The first-order valence-electron chi connectivity index (χ1n) is 3.25. The topological polar surface area (TPSA) is 12.5 Å². The molecule has 0 aliphatic carbocycles. The monoisotopic (exact) mass is 149 g/mol. The number of hydrogen-bond donors (Lipinski definition) is 1. The Morgan fingerprint density at radius 2 is 2.11 bits per heavy atom. The van der Waals surface area contributed by atoms with Gasteiger partial charge in [0, 0.05) is 13.2 Å². The van der Waals surface area contributed by atoms with E-state index in [4.69, 9.17) is 4.74 Å². The smallest absolute Gasteiger partial charge is 0.0602 e. The molecule has 0 heterocycles. The highest BCUT2D eigenvalue weighted by Crippen LogP contribution is 1.86. The molecule has 0 rings (SSSR count). The summed E-state index contributed by atoms with van der Waals surface area (Å²) in [6.07, 6.45) is 1.09. The normalized spacial score (nSPS) is 10.7. The molecule has 3 heteroatoms. The van der Waals surface area contributed by atoms with Crippen LogP contribution in [0.4, 0.5) is 0 Å². The van der Waals surface area contributed by atoms with E-state index in [2.05, 4.69) is 19.7 Å². The lowest BCUT2D eigenvalue weighted by Crippen LogP contribution is -2.13. The van der Waals surface area contributed by atoms with Gasteiger partial charge in [0.05, 0.1) is 6.61 Å². The zero-order valence-corrected chi connectivity index (χ0v) is 7.03. The number of ether oxygens (including phenoxy) is 1. The molecule has 0 aromatic carbocycles. The Balaban J connectivity index is 2.75. The van der Waals surface area contributed by atoms with Crippen molar-refractivity contribution < 1.29 is 4.74 Å². The molecule has 0 saturated carbocycles. The fourth-order valence-electron chi connectivity index (χ4n) is 0.443. The van der Waals surface area contributed by atoms with Gasteiger partial charge in [-0.1, -0.05) is 19.7 Å². The van der Waals surface area contributed by atoms with Crippen molar-refractivity contribution in [1.29, 1.82) is 0 Å². The Labute approximate surface area is 62.7 Å². The lowest BCUT2D eigenvalue weighted by molar-refractivity contribution is 0.129. The van der Waals surface area contributed by atoms with Gasteiger partial charge in [-0.15, -0.1) is 0 Å². The second-order valence-corrected chi connectivity index (χ2v) is 2.68. The molecule has 0 fully saturated rings. The fourth-order valence-corrected chi connectivity index (χ4v) is 0.525. The van der Waals surface area contributed by atoms with Crippen molar-refractivity contribution in [3.05, 3.63) is 0 Å². The van der Waals surface area contributed by atoms with Gasteiger partial charge in [0.1, 0.15) is 0 Å². The third kappa shape index (κ3) is 8.27. The molecule has 2 nitrogen and oxygen atoms in total. The summed E-state index contributed by atoms with van der Waals surface area (Å²) in [5, 5.41) is 0. The Morgan fingerprint density at radius 3 is 2.56 bits per heavy atom. The molecule has 0 atom stereocenters. The molecule has 56 valence electrons. The van der Waals surface area contributed by atoms with Gasteiger partial charge in [-0.3, -0.25) is 4.31 Å². The van der Waals surface area contributed by atoms with E-state index in [9.17, 15) is 0 Å². The number of nitrogens with zero attached hydrogens (tertiary/aromatic N) is 1. The van der Waals surface area contributed by atoms with Crippen LogP contribution in [-0.2, 0) is 4.74 Å². The van der Waals surface area contributed by atoms with Gasteiger partial charge in [-0.25, -0.2) is 0 Å². The third-order valence-corrected chi connectivity index (χ3v) is 1.11. The fraction of sp³-hybridized carbons (Fsp3) is 1.00. The van der Waals surface area contributed by atoms with Crippen LogP contribution in [-0.4, -0.2) is 31.1 Å². The predicted molar refractivity (Wildman–Crippen MR) is 42.7 cm³/mol. The zero-order valence-electron chi connectivity index (χ0n) is 6.13. The molecule has 0 spiro atoms. The number of hydrogen-bond acceptors (Lipinski definition) is 3.